The average molecular weight is 281 g/mol. The van der Waals surface area contributed by atoms with Crippen molar-refractivity contribution in [3.8, 4) is 5.75 Å². The monoisotopic (exact) mass is 281 g/mol. The van der Waals surface area contributed by atoms with Crippen molar-refractivity contribution in [2.45, 2.75) is 6.92 Å². The summed E-state index contributed by atoms with van der Waals surface area (Å²) in [4.78, 5) is 16.4. The van der Waals surface area contributed by atoms with Crippen LogP contribution in [0.4, 0.5) is 4.39 Å². The van der Waals surface area contributed by atoms with E-state index in [0.717, 1.165) is 11.1 Å². The molecule has 3 nitrogen and oxygen atoms in total. The predicted octanol–water partition coefficient (Wildman–Crippen LogP) is 3.90. The Morgan fingerprint density at radius 3 is 2.67 bits per heavy atom. The second-order valence-electron chi connectivity index (χ2n) is 4.65. The van der Waals surface area contributed by atoms with Crippen molar-refractivity contribution >= 4 is 16.9 Å². The number of pyridine rings is 1. The number of carbonyl (C=O) groups is 1. The van der Waals surface area contributed by atoms with E-state index in [1.165, 1.54) is 18.2 Å². The molecule has 0 saturated heterocycles. The minimum absolute atomic E-state index is 0.0952. The number of fused-ring (bicyclic) bond motifs is 1. The van der Waals surface area contributed by atoms with Crippen molar-refractivity contribution in [2.75, 3.05) is 0 Å². The number of rotatable bonds is 2. The zero-order chi connectivity index (χ0) is 14.8. The van der Waals surface area contributed by atoms with Crippen molar-refractivity contribution in [3.63, 3.8) is 0 Å². The van der Waals surface area contributed by atoms with Gasteiger partial charge < -0.3 is 4.74 Å². The molecular weight excluding hydrogens is 269 g/mol. The van der Waals surface area contributed by atoms with Crippen LogP contribution >= 0.6 is 0 Å². The number of halogens is 1. The Balaban J connectivity index is 2.00. The fraction of sp³-hybridized carbons (Fsp3) is 0.0588. The summed E-state index contributed by atoms with van der Waals surface area (Å²) in [7, 11) is 0. The van der Waals surface area contributed by atoms with E-state index in [0.29, 0.717) is 11.3 Å². The Morgan fingerprint density at radius 1 is 1.05 bits per heavy atom. The molecule has 0 N–H and O–H groups in total. The van der Waals surface area contributed by atoms with Gasteiger partial charge in [-0.1, -0.05) is 30.3 Å². The smallest absolute Gasteiger partial charge is 0.346 e. The fourth-order valence-corrected chi connectivity index (χ4v) is 2.08. The van der Waals surface area contributed by atoms with Crippen LogP contribution in [0.5, 0.6) is 5.75 Å². The molecule has 0 unspecified atom stereocenters. The number of carbonyl (C=O) groups excluding carboxylic acids is 1. The molecule has 3 aromatic rings. The van der Waals surface area contributed by atoms with Gasteiger partial charge in [-0.05, 0) is 31.2 Å². The van der Waals surface area contributed by atoms with Gasteiger partial charge in [0, 0.05) is 11.1 Å². The van der Waals surface area contributed by atoms with Crippen LogP contribution in [-0.2, 0) is 0 Å². The third-order valence-corrected chi connectivity index (χ3v) is 3.12. The second-order valence-corrected chi connectivity index (χ2v) is 4.65. The van der Waals surface area contributed by atoms with Gasteiger partial charge in [0.15, 0.2) is 5.75 Å². The predicted molar refractivity (Wildman–Crippen MR) is 77.8 cm³/mol. The Kier molecular flexibility index (Phi) is 3.36. The van der Waals surface area contributed by atoms with Gasteiger partial charge in [-0.3, -0.25) is 0 Å². The van der Waals surface area contributed by atoms with E-state index >= 15 is 0 Å². The molecule has 3 rings (SSSR count). The standard InChI is InChI=1S/C17H12FNO2/c1-11-9-10-12-5-4-8-15(16(12)19-11)21-17(20)13-6-2-3-7-14(13)18/h2-10H,1H3. The highest BCUT2D eigenvalue weighted by molar-refractivity contribution is 5.94. The molecule has 2 aromatic carbocycles. The minimum atomic E-state index is -0.732. The van der Waals surface area contributed by atoms with E-state index in [2.05, 4.69) is 4.98 Å². The maximum Gasteiger partial charge on any atom is 0.346 e. The highest BCUT2D eigenvalue weighted by atomic mass is 19.1. The van der Waals surface area contributed by atoms with E-state index in [9.17, 15) is 9.18 Å². The van der Waals surface area contributed by atoms with Crippen molar-refractivity contribution in [1.82, 2.24) is 4.98 Å². The lowest BCUT2D eigenvalue weighted by Gasteiger charge is -2.08. The van der Waals surface area contributed by atoms with Crippen LogP contribution in [0.25, 0.3) is 10.9 Å². The number of para-hydroxylation sites is 1. The van der Waals surface area contributed by atoms with Crippen molar-refractivity contribution in [3.05, 3.63) is 71.7 Å². The number of hydrogen-bond donors (Lipinski definition) is 0. The van der Waals surface area contributed by atoms with Gasteiger partial charge in [-0.25, -0.2) is 14.2 Å². The molecule has 0 bridgehead atoms. The summed E-state index contributed by atoms with van der Waals surface area (Å²) in [5, 5.41) is 0.861. The van der Waals surface area contributed by atoms with Gasteiger partial charge in [-0.15, -0.1) is 0 Å². The van der Waals surface area contributed by atoms with E-state index in [4.69, 9.17) is 4.74 Å². The lowest BCUT2D eigenvalue weighted by atomic mass is 10.2. The van der Waals surface area contributed by atoms with Crippen LogP contribution in [0.15, 0.2) is 54.6 Å². The van der Waals surface area contributed by atoms with Crippen LogP contribution in [-0.4, -0.2) is 11.0 Å². The van der Waals surface area contributed by atoms with E-state index in [-0.39, 0.29) is 5.56 Å². The first-order valence-corrected chi connectivity index (χ1v) is 6.48. The zero-order valence-corrected chi connectivity index (χ0v) is 11.3. The molecule has 0 radical (unpaired) electrons. The van der Waals surface area contributed by atoms with Gasteiger partial charge in [0.05, 0.1) is 5.56 Å². The number of aromatic nitrogens is 1. The number of nitrogens with zero attached hydrogens (tertiary/aromatic N) is 1. The zero-order valence-electron chi connectivity index (χ0n) is 11.3. The van der Waals surface area contributed by atoms with E-state index in [1.807, 2.05) is 25.1 Å². The van der Waals surface area contributed by atoms with Gasteiger partial charge in [-0.2, -0.15) is 0 Å². The average Bonchev–Trinajstić information content (AvgIpc) is 2.48. The normalized spacial score (nSPS) is 10.6. The molecule has 1 aromatic heterocycles. The molecule has 0 saturated carbocycles. The first-order chi connectivity index (χ1) is 10.1. The topological polar surface area (TPSA) is 39.2 Å². The molecule has 0 fully saturated rings. The summed E-state index contributed by atoms with van der Waals surface area (Å²) < 4.78 is 18.9. The molecule has 0 spiro atoms. The lowest BCUT2D eigenvalue weighted by Crippen LogP contribution is -2.11. The summed E-state index contributed by atoms with van der Waals surface area (Å²) in [6.07, 6.45) is 0. The second kappa shape index (κ2) is 5.32. The number of esters is 1. The quantitative estimate of drug-likeness (QED) is 0.528. The van der Waals surface area contributed by atoms with Gasteiger partial charge in [0.25, 0.3) is 0 Å². The third-order valence-electron chi connectivity index (χ3n) is 3.12. The molecule has 4 heteroatoms. The van der Waals surface area contributed by atoms with Crippen LogP contribution in [0.2, 0.25) is 0 Å². The van der Waals surface area contributed by atoms with Crippen LogP contribution < -0.4 is 4.74 Å². The third kappa shape index (κ3) is 2.60. The Bertz CT molecular complexity index is 830. The van der Waals surface area contributed by atoms with Gasteiger partial charge >= 0.3 is 5.97 Å². The SMILES string of the molecule is Cc1ccc2cccc(OC(=O)c3ccccc3F)c2n1. The first kappa shape index (κ1) is 13.2. The van der Waals surface area contributed by atoms with Crippen molar-refractivity contribution < 1.29 is 13.9 Å². The fourth-order valence-electron chi connectivity index (χ4n) is 2.08. The van der Waals surface area contributed by atoms with Crippen LogP contribution in [0.3, 0.4) is 0 Å². The molecule has 0 atom stereocenters. The Labute approximate surface area is 121 Å². The molecule has 21 heavy (non-hydrogen) atoms. The highest BCUT2D eigenvalue weighted by Gasteiger charge is 2.15. The summed E-state index contributed by atoms with van der Waals surface area (Å²) in [5.74, 6) is -1.01. The molecule has 0 amide bonds. The largest absolute Gasteiger partial charge is 0.421 e. The molecule has 1 heterocycles. The number of ether oxygens (including phenoxy) is 1. The Hall–Kier alpha value is -2.75. The molecular formula is C17H12FNO2. The molecule has 0 aliphatic carbocycles. The summed E-state index contributed by atoms with van der Waals surface area (Å²) in [5.41, 5.74) is 1.31. The van der Waals surface area contributed by atoms with Gasteiger partial charge in [0.2, 0.25) is 0 Å². The summed E-state index contributed by atoms with van der Waals surface area (Å²) in [6.45, 7) is 1.86. The highest BCUT2D eigenvalue weighted by Crippen LogP contribution is 2.25. The number of hydrogen-bond acceptors (Lipinski definition) is 3. The van der Waals surface area contributed by atoms with Crippen LogP contribution in [0, 0.1) is 12.7 Å². The van der Waals surface area contributed by atoms with E-state index in [1.54, 1.807) is 18.2 Å². The van der Waals surface area contributed by atoms with Crippen LogP contribution in [0.1, 0.15) is 16.1 Å². The molecule has 0 aliphatic rings. The molecule has 104 valence electrons. The maximum absolute atomic E-state index is 13.6. The summed E-state index contributed by atoms with van der Waals surface area (Å²) in [6, 6.07) is 14.8. The minimum Gasteiger partial charge on any atom is -0.421 e. The Morgan fingerprint density at radius 2 is 1.86 bits per heavy atom. The first-order valence-electron chi connectivity index (χ1n) is 6.48. The van der Waals surface area contributed by atoms with Crippen molar-refractivity contribution in [1.29, 1.82) is 0 Å². The summed E-state index contributed by atoms with van der Waals surface area (Å²) >= 11 is 0. The lowest BCUT2D eigenvalue weighted by molar-refractivity contribution is 0.0732. The van der Waals surface area contributed by atoms with Gasteiger partial charge in [0.1, 0.15) is 11.3 Å². The number of aryl methyl sites for hydroxylation is 1. The maximum atomic E-state index is 13.6. The number of benzene rings is 2. The van der Waals surface area contributed by atoms with E-state index < -0.39 is 11.8 Å². The molecule has 0 aliphatic heterocycles. The van der Waals surface area contributed by atoms with Crippen molar-refractivity contribution in [2.24, 2.45) is 0 Å².